The van der Waals surface area contributed by atoms with Crippen molar-refractivity contribution in [3.8, 4) is 0 Å². The Balaban J connectivity index is 1.73. The van der Waals surface area contributed by atoms with E-state index in [4.69, 9.17) is 0 Å². The summed E-state index contributed by atoms with van der Waals surface area (Å²) in [6, 6.07) is 3.64. The number of hydrogen-bond donors (Lipinski definition) is 1. The molecule has 1 N–H and O–H groups in total. The highest BCUT2D eigenvalue weighted by atomic mass is 19.2. The van der Waals surface area contributed by atoms with Crippen LogP contribution in [0.1, 0.15) is 74.3 Å². The summed E-state index contributed by atoms with van der Waals surface area (Å²) < 4.78 is 29.4. The second-order valence-corrected chi connectivity index (χ2v) is 7.62. The van der Waals surface area contributed by atoms with Crippen molar-refractivity contribution >= 4 is 0 Å². The van der Waals surface area contributed by atoms with Crippen LogP contribution in [0, 0.1) is 23.5 Å². The van der Waals surface area contributed by atoms with Crippen molar-refractivity contribution in [2.24, 2.45) is 11.8 Å². The molecule has 1 aromatic rings. The van der Waals surface area contributed by atoms with Gasteiger partial charge in [0.05, 0.1) is 0 Å². The van der Waals surface area contributed by atoms with E-state index in [0.717, 1.165) is 51.4 Å². The van der Waals surface area contributed by atoms with Crippen LogP contribution in [0.2, 0.25) is 0 Å². The molecule has 2 aliphatic carbocycles. The number of benzene rings is 1. The number of allylic oxidation sites excluding steroid dienone is 1. The maximum atomic E-state index is 14.7. The molecular weight excluding hydrogens is 306 g/mol. The van der Waals surface area contributed by atoms with E-state index in [1.807, 2.05) is 18.2 Å². The Hall–Kier alpha value is -1.22. The van der Waals surface area contributed by atoms with Gasteiger partial charge in [-0.3, -0.25) is 0 Å². The average molecular weight is 334 g/mol. The highest BCUT2D eigenvalue weighted by molar-refractivity contribution is 5.32. The highest BCUT2D eigenvalue weighted by Gasteiger charge is 2.29. The van der Waals surface area contributed by atoms with Gasteiger partial charge in [-0.05, 0) is 86.2 Å². The Morgan fingerprint density at radius 2 is 1.33 bits per heavy atom. The summed E-state index contributed by atoms with van der Waals surface area (Å²) in [6.07, 6.45) is 9.31. The lowest BCUT2D eigenvalue weighted by Crippen LogP contribution is -2.18. The molecule has 0 heterocycles. The monoisotopic (exact) mass is 334 g/mol. The summed E-state index contributed by atoms with van der Waals surface area (Å²) in [5.41, 5.74) is 1.09. The van der Waals surface area contributed by atoms with Crippen LogP contribution in [0.25, 0.3) is 0 Å². The van der Waals surface area contributed by atoms with Crippen LogP contribution in [0.3, 0.4) is 0 Å². The molecule has 3 heteroatoms. The first-order valence-corrected chi connectivity index (χ1v) is 9.35. The van der Waals surface area contributed by atoms with Crippen LogP contribution in [-0.2, 0) is 0 Å². The second kappa shape index (κ2) is 7.77. The molecule has 0 unspecified atom stereocenters. The lowest BCUT2D eigenvalue weighted by Gasteiger charge is -2.30. The van der Waals surface area contributed by atoms with E-state index >= 15 is 0 Å². The van der Waals surface area contributed by atoms with E-state index in [2.05, 4.69) is 6.58 Å². The molecule has 24 heavy (non-hydrogen) atoms. The molecule has 0 aliphatic heterocycles. The first kappa shape index (κ1) is 17.6. The molecule has 0 bridgehead atoms. The van der Waals surface area contributed by atoms with Crippen molar-refractivity contribution in [2.75, 3.05) is 6.61 Å². The van der Waals surface area contributed by atoms with Crippen molar-refractivity contribution < 1.29 is 13.9 Å². The normalized spacial score (nSPS) is 31.0. The van der Waals surface area contributed by atoms with Gasteiger partial charge in [-0.2, -0.15) is 0 Å². The van der Waals surface area contributed by atoms with E-state index in [9.17, 15) is 13.9 Å². The van der Waals surface area contributed by atoms with Gasteiger partial charge in [0.15, 0.2) is 11.6 Å². The fourth-order valence-electron chi connectivity index (χ4n) is 4.53. The standard InChI is InChI=1S/C21H28F2O/c1-2-14-3-7-16(8-4-14)18-11-12-19(21(23)20(18)22)17-9-5-15(13-24)6-10-17/h2,11-12,14-17,24H,1,3-10,13H2. The predicted octanol–water partition coefficient (Wildman–Crippen LogP) is 5.69. The fourth-order valence-corrected chi connectivity index (χ4v) is 4.53. The Bertz CT molecular complexity index is 567. The maximum absolute atomic E-state index is 14.7. The lowest BCUT2D eigenvalue weighted by atomic mass is 9.76. The van der Waals surface area contributed by atoms with Crippen LogP contribution in [0.15, 0.2) is 24.8 Å². The van der Waals surface area contributed by atoms with Gasteiger partial charge in [0.2, 0.25) is 0 Å². The molecule has 0 aromatic heterocycles. The van der Waals surface area contributed by atoms with Gasteiger partial charge in [0.25, 0.3) is 0 Å². The first-order valence-electron chi connectivity index (χ1n) is 9.35. The van der Waals surface area contributed by atoms with Crippen LogP contribution < -0.4 is 0 Å². The Labute approximate surface area is 143 Å². The molecule has 0 spiro atoms. The van der Waals surface area contributed by atoms with Crippen molar-refractivity contribution in [2.45, 2.75) is 63.2 Å². The van der Waals surface area contributed by atoms with E-state index in [0.29, 0.717) is 23.0 Å². The Morgan fingerprint density at radius 3 is 1.75 bits per heavy atom. The maximum Gasteiger partial charge on any atom is 0.162 e. The van der Waals surface area contributed by atoms with Gasteiger partial charge in [-0.1, -0.05) is 18.2 Å². The Kier molecular flexibility index (Phi) is 5.70. The summed E-state index contributed by atoms with van der Waals surface area (Å²) >= 11 is 0. The SMILES string of the molecule is C=CC1CCC(c2ccc(C3CCC(CO)CC3)c(F)c2F)CC1. The molecule has 3 rings (SSSR count). The minimum absolute atomic E-state index is 0.0906. The lowest BCUT2D eigenvalue weighted by molar-refractivity contribution is 0.181. The molecule has 0 radical (unpaired) electrons. The van der Waals surface area contributed by atoms with Crippen molar-refractivity contribution in [3.05, 3.63) is 47.5 Å². The van der Waals surface area contributed by atoms with Gasteiger partial charge in [-0.15, -0.1) is 6.58 Å². The van der Waals surface area contributed by atoms with Crippen LogP contribution in [0.4, 0.5) is 8.78 Å². The number of rotatable bonds is 4. The van der Waals surface area contributed by atoms with Gasteiger partial charge < -0.3 is 5.11 Å². The molecule has 1 aromatic carbocycles. The van der Waals surface area contributed by atoms with E-state index in [1.54, 1.807) is 0 Å². The Morgan fingerprint density at radius 1 is 0.875 bits per heavy atom. The summed E-state index contributed by atoms with van der Waals surface area (Å²) in [7, 11) is 0. The molecule has 0 amide bonds. The first-order chi connectivity index (χ1) is 11.6. The average Bonchev–Trinajstić information content (AvgIpc) is 2.64. The third-order valence-corrected chi connectivity index (χ3v) is 6.23. The van der Waals surface area contributed by atoms with Gasteiger partial charge >= 0.3 is 0 Å². The third-order valence-electron chi connectivity index (χ3n) is 6.23. The number of hydrogen-bond acceptors (Lipinski definition) is 1. The molecule has 0 atom stereocenters. The number of aliphatic hydroxyl groups excluding tert-OH is 1. The van der Waals surface area contributed by atoms with Crippen LogP contribution in [-0.4, -0.2) is 11.7 Å². The summed E-state index contributed by atoms with van der Waals surface area (Å²) in [5, 5.41) is 9.22. The van der Waals surface area contributed by atoms with Gasteiger partial charge in [-0.25, -0.2) is 8.78 Å². The largest absolute Gasteiger partial charge is 0.396 e. The zero-order valence-corrected chi connectivity index (χ0v) is 14.3. The fraction of sp³-hybridized carbons (Fsp3) is 0.619. The van der Waals surface area contributed by atoms with E-state index < -0.39 is 11.6 Å². The molecule has 2 aliphatic rings. The molecule has 0 saturated heterocycles. The minimum atomic E-state index is -0.634. The van der Waals surface area contributed by atoms with E-state index in [1.165, 1.54) is 0 Å². The second-order valence-electron chi connectivity index (χ2n) is 7.62. The smallest absolute Gasteiger partial charge is 0.162 e. The number of aliphatic hydroxyl groups is 1. The van der Waals surface area contributed by atoms with E-state index in [-0.39, 0.29) is 18.4 Å². The molecule has 132 valence electrons. The van der Waals surface area contributed by atoms with Crippen LogP contribution in [0.5, 0.6) is 0 Å². The van der Waals surface area contributed by atoms with Gasteiger partial charge in [0.1, 0.15) is 0 Å². The number of halogens is 2. The quantitative estimate of drug-likeness (QED) is 0.701. The molecular formula is C21H28F2O. The zero-order valence-electron chi connectivity index (χ0n) is 14.3. The van der Waals surface area contributed by atoms with Gasteiger partial charge in [0, 0.05) is 6.61 Å². The summed E-state index contributed by atoms with van der Waals surface area (Å²) in [5.74, 6) is -0.184. The third kappa shape index (κ3) is 3.56. The van der Waals surface area contributed by atoms with Crippen molar-refractivity contribution in [1.82, 2.24) is 0 Å². The summed E-state index contributed by atoms with van der Waals surface area (Å²) in [4.78, 5) is 0. The molecule has 1 nitrogen and oxygen atoms in total. The zero-order chi connectivity index (χ0) is 17.1. The minimum Gasteiger partial charge on any atom is -0.396 e. The molecule has 2 saturated carbocycles. The van der Waals surface area contributed by atoms with Crippen LogP contribution >= 0.6 is 0 Å². The summed E-state index contributed by atoms with van der Waals surface area (Å²) in [6.45, 7) is 4.04. The molecule has 2 fully saturated rings. The highest BCUT2D eigenvalue weighted by Crippen LogP contribution is 2.41. The topological polar surface area (TPSA) is 20.2 Å². The predicted molar refractivity (Wildman–Crippen MR) is 93.0 cm³/mol. The van der Waals surface area contributed by atoms with Crippen molar-refractivity contribution in [3.63, 3.8) is 0 Å². The van der Waals surface area contributed by atoms with Crippen molar-refractivity contribution in [1.29, 1.82) is 0 Å².